The molecule has 0 aromatic heterocycles. The average Bonchev–Trinajstić information content (AvgIpc) is 2.55. The lowest BCUT2D eigenvalue weighted by Crippen LogP contribution is -2.17. The van der Waals surface area contributed by atoms with Crippen molar-refractivity contribution in [3.63, 3.8) is 0 Å². The van der Waals surface area contributed by atoms with Crippen LogP contribution in [0.15, 0.2) is 66.9 Å². The predicted molar refractivity (Wildman–Crippen MR) is 80.4 cm³/mol. The van der Waals surface area contributed by atoms with E-state index in [0.29, 0.717) is 16.9 Å². The minimum Gasteiger partial charge on any atom is -0.497 e. The van der Waals surface area contributed by atoms with Gasteiger partial charge in [0.2, 0.25) is 0 Å². The molecule has 1 amide bonds. The number of allylic oxidation sites excluding steroid dienone is 1. The van der Waals surface area contributed by atoms with Gasteiger partial charge in [-0.3, -0.25) is 9.59 Å². The standard InChI is InChI=1S/C17H15NO3/c1-21-15-9-7-13(8-10-15)16(19)11-12-18-17(20)14-5-3-2-4-6-14/h2-12H,1H3,(H,18,20)/b12-11-. The van der Waals surface area contributed by atoms with E-state index in [2.05, 4.69) is 5.32 Å². The Morgan fingerprint density at radius 1 is 0.952 bits per heavy atom. The molecule has 0 spiro atoms. The summed E-state index contributed by atoms with van der Waals surface area (Å²) in [4.78, 5) is 23.6. The molecule has 0 radical (unpaired) electrons. The highest BCUT2D eigenvalue weighted by Crippen LogP contribution is 2.11. The van der Waals surface area contributed by atoms with Gasteiger partial charge in [-0.15, -0.1) is 0 Å². The van der Waals surface area contributed by atoms with Gasteiger partial charge in [0.1, 0.15) is 5.75 Å². The van der Waals surface area contributed by atoms with Crippen LogP contribution in [-0.2, 0) is 0 Å². The molecule has 0 atom stereocenters. The monoisotopic (exact) mass is 281 g/mol. The Bertz CT molecular complexity index is 645. The van der Waals surface area contributed by atoms with Gasteiger partial charge in [0.15, 0.2) is 5.78 Å². The highest BCUT2D eigenvalue weighted by molar-refractivity contribution is 6.05. The van der Waals surface area contributed by atoms with Crippen molar-refractivity contribution >= 4 is 11.7 Å². The summed E-state index contributed by atoms with van der Waals surface area (Å²) < 4.78 is 5.02. The molecule has 2 aromatic carbocycles. The number of ketones is 1. The number of nitrogens with one attached hydrogen (secondary N) is 1. The van der Waals surface area contributed by atoms with Crippen molar-refractivity contribution < 1.29 is 14.3 Å². The lowest BCUT2D eigenvalue weighted by molar-refractivity contribution is 0.0970. The highest BCUT2D eigenvalue weighted by Gasteiger charge is 2.03. The molecule has 0 aliphatic carbocycles. The molecule has 2 rings (SSSR count). The molecule has 0 heterocycles. The molecule has 0 aliphatic heterocycles. The fourth-order valence-electron chi connectivity index (χ4n) is 1.72. The van der Waals surface area contributed by atoms with Crippen LogP contribution in [0.5, 0.6) is 5.75 Å². The SMILES string of the molecule is COc1ccc(C(=O)/C=C\NC(=O)c2ccccc2)cc1. The molecule has 0 fully saturated rings. The van der Waals surface area contributed by atoms with Crippen LogP contribution in [0.25, 0.3) is 0 Å². The van der Waals surface area contributed by atoms with E-state index < -0.39 is 0 Å². The molecule has 4 heteroatoms. The summed E-state index contributed by atoms with van der Waals surface area (Å²) in [5.41, 5.74) is 1.07. The molecule has 1 N–H and O–H groups in total. The van der Waals surface area contributed by atoms with Gasteiger partial charge in [-0.05, 0) is 36.4 Å². The summed E-state index contributed by atoms with van der Waals surface area (Å²) in [7, 11) is 1.57. The third-order valence-corrected chi connectivity index (χ3v) is 2.86. The predicted octanol–water partition coefficient (Wildman–Crippen LogP) is 2.82. The largest absolute Gasteiger partial charge is 0.497 e. The van der Waals surface area contributed by atoms with Gasteiger partial charge in [-0.2, -0.15) is 0 Å². The molecule has 2 aromatic rings. The van der Waals surface area contributed by atoms with Crippen LogP contribution in [0.3, 0.4) is 0 Å². The number of ether oxygens (including phenoxy) is 1. The third kappa shape index (κ3) is 4.04. The second kappa shape index (κ2) is 7.05. The van der Waals surface area contributed by atoms with Crippen LogP contribution in [0.1, 0.15) is 20.7 Å². The Kier molecular flexibility index (Phi) is 4.88. The summed E-state index contributed by atoms with van der Waals surface area (Å²) in [6.07, 6.45) is 2.67. The fraction of sp³-hybridized carbons (Fsp3) is 0.0588. The zero-order valence-electron chi connectivity index (χ0n) is 11.6. The number of amides is 1. The van der Waals surface area contributed by atoms with Gasteiger partial charge in [0.25, 0.3) is 5.91 Å². The maximum absolute atomic E-state index is 11.9. The number of hydrogen-bond acceptors (Lipinski definition) is 3. The van der Waals surface area contributed by atoms with Gasteiger partial charge >= 0.3 is 0 Å². The maximum atomic E-state index is 11.9. The van der Waals surface area contributed by atoms with Gasteiger partial charge in [0, 0.05) is 23.4 Å². The molecular formula is C17H15NO3. The van der Waals surface area contributed by atoms with E-state index >= 15 is 0 Å². The van der Waals surface area contributed by atoms with Crippen molar-refractivity contribution in [3.05, 3.63) is 78.0 Å². The van der Waals surface area contributed by atoms with Gasteiger partial charge in [-0.25, -0.2) is 0 Å². The first kappa shape index (κ1) is 14.5. The minimum absolute atomic E-state index is 0.189. The first-order valence-corrected chi connectivity index (χ1v) is 6.41. The van der Waals surface area contributed by atoms with Crippen molar-refractivity contribution in [2.24, 2.45) is 0 Å². The van der Waals surface area contributed by atoms with E-state index in [1.165, 1.54) is 12.3 Å². The number of carbonyl (C=O) groups excluding carboxylic acids is 2. The van der Waals surface area contributed by atoms with E-state index in [1.807, 2.05) is 6.07 Å². The van der Waals surface area contributed by atoms with Gasteiger partial charge in [-0.1, -0.05) is 18.2 Å². The van der Waals surface area contributed by atoms with Crippen LogP contribution in [0, 0.1) is 0 Å². The van der Waals surface area contributed by atoms with E-state index in [0.717, 1.165) is 0 Å². The number of benzene rings is 2. The molecule has 0 bridgehead atoms. The number of rotatable bonds is 5. The molecule has 0 aliphatic rings. The van der Waals surface area contributed by atoms with Crippen molar-refractivity contribution in [2.45, 2.75) is 0 Å². The summed E-state index contributed by atoms with van der Waals surface area (Å²) in [5, 5.41) is 2.56. The van der Waals surface area contributed by atoms with Crippen LogP contribution >= 0.6 is 0 Å². The Morgan fingerprint density at radius 2 is 1.62 bits per heavy atom. The Balaban J connectivity index is 1.94. The Labute approximate surface area is 123 Å². The molecule has 0 unspecified atom stereocenters. The topological polar surface area (TPSA) is 55.4 Å². The van der Waals surface area contributed by atoms with Crippen molar-refractivity contribution in [3.8, 4) is 5.75 Å². The van der Waals surface area contributed by atoms with Crippen molar-refractivity contribution in [2.75, 3.05) is 7.11 Å². The van der Waals surface area contributed by atoms with Crippen LogP contribution in [-0.4, -0.2) is 18.8 Å². The van der Waals surface area contributed by atoms with Gasteiger partial charge < -0.3 is 10.1 Å². The first-order chi connectivity index (χ1) is 10.2. The van der Waals surface area contributed by atoms with Crippen molar-refractivity contribution in [1.29, 1.82) is 0 Å². The molecule has 21 heavy (non-hydrogen) atoms. The molecule has 0 saturated carbocycles. The maximum Gasteiger partial charge on any atom is 0.255 e. The minimum atomic E-state index is -0.255. The van der Waals surface area contributed by atoms with E-state index in [4.69, 9.17) is 4.74 Å². The average molecular weight is 281 g/mol. The zero-order valence-corrected chi connectivity index (χ0v) is 11.6. The van der Waals surface area contributed by atoms with E-state index in [-0.39, 0.29) is 11.7 Å². The number of carbonyl (C=O) groups is 2. The molecular weight excluding hydrogens is 266 g/mol. The summed E-state index contributed by atoms with van der Waals surface area (Å²) in [6, 6.07) is 15.6. The smallest absolute Gasteiger partial charge is 0.255 e. The highest BCUT2D eigenvalue weighted by atomic mass is 16.5. The number of methoxy groups -OCH3 is 1. The van der Waals surface area contributed by atoms with Crippen LogP contribution < -0.4 is 10.1 Å². The lowest BCUT2D eigenvalue weighted by Gasteiger charge is -2.01. The second-order valence-electron chi connectivity index (χ2n) is 4.27. The summed E-state index contributed by atoms with van der Waals surface area (Å²) in [6.45, 7) is 0. The lowest BCUT2D eigenvalue weighted by atomic mass is 10.1. The van der Waals surface area contributed by atoms with Gasteiger partial charge in [0.05, 0.1) is 7.11 Å². The van der Waals surface area contributed by atoms with Crippen molar-refractivity contribution in [1.82, 2.24) is 5.32 Å². The fourth-order valence-corrected chi connectivity index (χ4v) is 1.72. The number of hydrogen-bond donors (Lipinski definition) is 1. The molecule has 4 nitrogen and oxygen atoms in total. The Hall–Kier alpha value is -2.88. The normalized spacial score (nSPS) is 10.3. The quantitative estimate of drug-likeness (QED) is 0.677. The molecule has 106 valence electrons. The van der Waals surface area contributed by atoms with Crippen LogP contribution in [0.2, 0.25) is 0 Å². The first-order valence-electron chi connectivity index (χ1n) is 6.41. The van der Waals surface area contributed by atoms with Crippen LogP contribution in [0.4, 0.5) is 0 Å². The van der Waals surface area contributed by atoms with E-state index in [9.17, 15) is 9.59 Å². The summed E-state index contributed by atoms with van der Waals surface area (Å²) >= 11 is 0. The zero-order chi connectivity index (χ0) is 15.1. The summed E-state index contributed by atoms with van der Waals surface area (Å²) in [5.74, 6) is 0.244. The van der Waals surface area contributed by atoms with E-state index in [1.54, 1.807) is 55.6 Å². The third-order valence-electron chi connectivity index (χ3n) is 2.86. The molecule has 0 saturated heterocycles. The second-order valence-corrected chi connectivity index (χ2v) is 4.27. The Morgan fingerprint density at radius 3 is 2.24 bits per heavy atom.